The predicted molar refractivity (Wildman–Crippen MR) is 90.6 cm³/mol. The van der Waals surface area contributed by atoms with E-state index in [1.807, 2.05) is 43.3 Å². The second-order valence-electron chi connectivity index (χ2n) is 4.68. The molecule has 0 aliphatic carbocycles. The molecule has 0 spiro atoms. The number of nitrogens with zero attached hydrogens (tertiary/aromatic N) is 1. The average molecular weight is 389 g/mol. The predicted octanol–water partition coefficient (Wildman–Crippen LogP) is 4.37. The summed E-state index contributed by atoms with van der Waals surface area (Å²) in [6, 6.07) is 16.7. The van der Waals surface area contributed by atoms with Gasteiger partial charge in [0.15, 0.2) is 5.75 Å². The first-order valence-corrected chi connectivity index (χ1v) is 7.55. The maximum absolute atomic E-state index is 12.2. The number of hydrogen-bond acceptors (Lipinski definition) is 3. The van der Waals surface area contributed by atoms with Gasteiger partial charge in [0.25, 0.3) is 0 Å². The Morgan fingerprint density at radius 2 is 1.81 bits per heavy atom. The SMILES string of the molecule is Cc1ccc2cccc(OC(=O)c3ccc(I)cc3)c2n1. The largest absolute Gasteiger partial charge is 0.421 e. The lowest BCUT2D eigenvalue weighted by molar-refractivity contribution is 0.0736. The fraction of sp³-hybridized carbons (Fsp3) is 0.0588. The third-order valence-electron chi connectivity index (χ3n) is 3.11. The summed E-state index contributed by atoms with van der Waals surface area (Å²) in [5.74, 6) is 0.113. The monoisotopic (exact) mass is 389 g/mol. The lowest BCUT2D eigenvalue weighted by Gasteiger charge is -2.07. The van der Waals surface area contributed by atoms with Gasteiger partial charge in [0, 0.05) is 14.7 Å². The van der Waals surface area contributed by atoms with Crippen LogP contribution in [0.1, 0.15) is 16.1 Å². The van der Waals surface area contributed by atoms with Crippen LogP contribution in [-0.2, 0) is 0 Å². The second kappa shape index (κ2) is 5.81. The van der Waals surface area contributed by atoms with Gasteiger partial charge < -0.3 is 4.74 Å². The van der Waals surface area contributed by atoms with E-state index in [1.54, 1.807) is 18.2 Å². The molecule has 1 aromatic heterocycles. The Morgan fingerprint density at radius 3 is 2.57 bits per heavy atom. The molecule has 0 bridgehead atoms. The summed E-state index contributed by atoms with van der Waals surface area (Å²) in [7, 11) is 0. The van der Waals surface area contributed by atoms with Crippen LogP contribution in [0.4, 0.5) is 0 Å². The van der Waals surface area contributed by atoms with Gasteiger partial charge in [0.05, 0.1) is 5.56 Å². The quantitative estimate of drug-likeness (QED) is 0.371. The van der Waals surface area contributed by atoms with E-state index in [4.69, 9.17) is 4.74 Å². The Labute approximate surface area is 136 Å². The zero-order valence-corrected chi connectivity index (χ0v) is 13.5. The highest BCUT2D eigenvalue weighted by molar-refractivity contribution is 14.1. The number of carbonyl (C=O) groups is 1. The molecule has 3 rings (SSSR count). The minimum absolute atomic E-state index is 0.373. The summed E-state index contributed by atoms with van der Waals surface area (Å²) in [4.78, 5) is 16.7. The first-order chi connectivity index (χ1) is 10.1. The van der Waals surface area contributed by atoms with Crippen molar-refractivity contribution in [2.45, 2.75) is 6.92 Å². The van der Waals surface area contributed by atoms with E-state index in [0.717, 1.165) is 14.7 Å². The van der Waals surface area contributed by atoms with Gasteiger partial charge in [-0.25, -0.2) is 9.78 Å². The van der Waals surface area contributed by atoms with Crippen molar-refractivity contribution in [2.75, 3.05) is 0 Å². The first-order valence-electron chi connectivity index (χ1n) is 6.47. The Kier molecular flexibility index (Phi) is 3.88. The molecule has 0 unspecified atom stereocenters. The zero-order chi connectivity index (χ0) is 14.8. The summed E-state index contributed by atoms with van der Waals surface area (Å²) < 4.78 is 6.58. The van der Waals surface area contributed by atoms with Gasteiger partial charge in [0.1, 0.15) is 5.52 Å². The van der Waals surface area contributed by atoms with Crippen molar-refractivity contribution in [1.29, 1.82) is 0 Å². The van der Waals surface area contributed by atoms with Crippen molar-refractivity contribution in [2.24, 2.45) is 0 Å². The van der Waals surface area contributed by atoms with Crippen LogP contribution in [0.15, 0.2) is 54.6 Å². The van der Waals surface area contributed by atoms with E-state index in [1.165, 1.54) is 0 Å². The van der Waals surface area contributed by atoms with Crippen LogP contribution in [0.5, 0.6) is 5.75 Å². The van der Waals surface area contributed by atoms with E-state index >= 15 is 0 Å². The molecule has 1 heterocycles. The van der Waals surface area contributed by atoms with E-state index in [-0.39, 0.29) is 5.97 Å². The molecule has 0 amide bonds. The minimum Gasteiger partial charge on any atom is -0.421 e. The number of esters is 1. The van der Waals surface area contributed by atoms with Crippen LogP contribution in [0.3, 0.4) is 0 Å². The number of benzene rings is 2. The van der Waals surface area contributed by atoms with Crippen LogP contribution in [0.2, 0.25) is 0 Å². The summed E-state index contributed by atoms with van der Waals surface area (Å²) in [5, 5.41) is 0.952. The molecule has 3 nitrogen and oxygen atoms in total. The number of carbonyl (C=O) groups excluding carboxylic acids is 1. The third kappa shape index (κ3) is 3.05. The molecule has 0 aliphatic rings. The van der Waals surface area contributed by atoms with Gasteiger partial charge in [0.2, 0.25) is 0 Å². The van der Waals surface area contributed by atoms with Crippen molar-refractivity contribution in [3.05, 3.63) is 69.4 Å². The van der Waals surface area contributed by atoms with Gasteiger partial charge in [-0.15, -0.1) is 0 Å². The van der Waals surface area contributed by atoms with Crippen molar-refractivity contribution in [1.82, 2.24) is 4.98 Å². The lowest BCUT2D eigenvalue weighted by Crippen LogP contribution is -2.09. The lowest BCUT2D eigenvalue weighted by atomic mass is 10.2. The number of aromatic nitrogens is 1. The fourth-order valence-corrected chi connectivity index (χ4v) is 2.40. The van der Waals surface area contributed by atoms with Gasteiger partial charge in [-0.05, 0) is 65.9 Å². The van der Waals surface area contributed by atoms with Crippen LogP contribution in [0, 0.1) is 10.5 Å². The fourth-order valence-electron chi connectivity index (χ4n) is 2.04. The molecule has 2 aromatic carbocycles. The van der Waals surface area contributed by atoms with Crippen LogP contribution < -0.4 is 4.74 Å². The van der Waals surface area contributed by atoms with Crippen LogP contribution in [-0.4, -0.2) is 11.0 Å². The molecule has 0 N–H and O–H groups in total. The molecule has 0 radical (unpaired) electrons. The number of ether oxygens (including phenoxy) is 1. The van der Waals surface area contributed by atoms with Gasteiger partial charge in [-0.3, -0.25) is 0 Å². The van der Waals surface area contributed by atoms with E-state index in [2.05, 4.69) is 27.6 Å². The highest BCUT2D eigenvalue weighted by Gasteiger charge is 2.11. The Bertz CT molecular complexity index is 813. The Hall–Kier alpha value is -1.95. The molecule has 0 atom stereocenters. The molecular formula is C17H12INO2. The number of fused-ring (bicyclic) bond motifs is 1. The average Bonchev–Trinajstić information content (AvgIpc) is 2.48. The first kappa shape index (κ1) is 14.0. The van der Waals surface area contributed by atoms with Gasteiger partial charge in [-0.1, -0.05) is 18.2 Å². The summed E-state index contributed by atoms with van der Waals surface area (Å²) in [5.41, 5.74) is 2.12. The van der Waals surface area contributed by atoms with Crippen LogP contribution >= 0.6 is 22.6 Å². The molecular weight excluding hydrogens is 377 g/mol. The third-order valence-corrected chi connectivity index (χ3v) is 3.82. The maximum Gasteiger partial charge on any atom is 0.343 e. The Balaban J connectivity index is 1.96. The highest BCUT2D eigenvalue weighted by Crippen LogP contribution is 2.24. The number of pyridine rings is 1. The topological polar surface area (TPSA) is 39.2 Å². The molecule has 0 aliphatic heterocycles. The maximum atomic E-state index is 12.2. The summed E-state index contributed by atoms with van der Waals surface area (Å²) in [6.07, 6.45) is 0. The van der Waals surface area contributed by atoms with E-state index < -0.39 is 0 Å². The van der Waals surface area contributed by atoms with E-state index in [9.17, 15) is 4.79 Å². The minimum atomic E-state index is -0.373. The van der Waals surface area contributed by atoms with Crippen molar-refractivity contribution >= 4 is 39.5 Å². The van der Waals surface area contributed by atoms with Gasteiger partial charge >= 0.3 is 5.97 Å². The Morgan fingerprint density at radius 1 is 1.05 bits per heavy atom. The number of hydrogen-bond donors (Lipinski definition) is 0. The highest BCUT2D eigenvalue weighted by atomic mass is 127. The molecule has 104 valence electrons. The van der Waals surface area contributed by atoms with Crippen molar-refractivity contribution in [3.63, 3.8) is 0 Å². The molecule has 4 heteroatoms. The number of para-hydroxylation sites is 1. The summed E-state index contributed by atoms with van der Waals surface area (Å²) in [6.45, 7) is 1.91. The van der Waals surface area contributed by atoms with Crippen LogP contribution in [0.25, 0.3) is 10.9 Å². The zero-order valence-electron chi connectivity index (χ0n) is 11.3. The van der Waals surface area contributed by atoms with Gasteiger partial charge in [-0.2, -0.15) is 0 Å². The van der Waals surface area contributed by atoms with Crippen molar-refractivity contribution in [3.8, 4) is 5.75 Å². The van der Waals surface area contributed by atoms with E-state index in [0.29, 0.717) is 16.8 Å². The smallest absolute Gasteiger partial charge is 0.343 e. The van der Waals surface area contributed by atoms with Crippen molar-refractivity contribution < 1.29 is 9.53 Å². The molecule has 3 aromatic rings. The number of rotatable bonds is 2. The molecule has 0 saturated heterocycles. The number of aryl methyl sites for hydroxylation is 1. The normalized spacial score (nSPS) is 10.6. The summed E-state index contributed by atoms with van der Waals surface area (Å²) >= 11 is 2.20. The molecule has 21 heavy (non-hydrogen) atoms. The number of halogens is 1. The second-order valence-corrected chi connectivity index (χ2v) is 5.92. The molecule has 0 fully saturated rings. The standard InChI is InChI=1S/C17H12INO2/c1-11-5-6-12-3-2-4-15(16(12)19-11)21-17(20)13-7-9-14(18)10-8-13/h2-10H,1H3. The molecule has 0 saturated carbocycles.